The highest BCUT2D eigenvalue weighted by Crippen LogP contribution is 2.21. The third kappa shape index (κ3) is 3.92. The second-order valence-electron chi connectivity index (χ2n) is 3.99. The minimum Gasteiger partial charge on any atom is -0.414 e. The lowest BCUT2D eigenvalue weighted by atomic mass is 10.3. The van der Waals surface area contributed by atoms with Crippen molar-refractivity contribution in [2.45, 2.75) is 30.9 Å². The summed E-state index contributed by atoms with van der Waals surface area (Å²) in [6.45, 7) is 4.67. The summed E-state index contributed by atoms with van der Waals surface area (Å²) in [7, 11) is 0. The summed E-state index contributed by atoms with van der Waals surface area (Å²) < 4.78 is 5.49. The summed E-state index contributed by atoms with van der Waals surface area (Å²) in [6, 6.07) is 7.47. The Kier molecular flexibility index (Phi) is 4.49. The van der Waals surface area contributed by atoms with E-state index in [-0.39, 0.29) is 0 Å². The van der Waals surface area contributed by atoms with E-state index >= 15 is 0 Å². The van der Waals surface area contributed by atoms with E-state index in [4.69, 9.17) is 16.0 Å². The number of nitrogens with zero attached hydrogens (tertiary/aromatic N) is 2. The number of rotatable bonds is 5. The van der Waals surface area contributed by atoms with Gasteiger partial charge < -0.3 is 9.73 Å². The smallest absolute Gasteiger partial charge is 0.276 e. The molecule has 2 aromatic rings. The van der Waals surface area contributed by atoms with Crippen molar-refractivity contribution in [1.82, 2.24) is 10.2 Å². The van der Waals surface area contributed by atoms with Crippen LogP contribution in [-0.4, -0.2) is 15.4 Å². The van der Waals surface area contributed by atoms with E-state index in [9.17, 15) is 0 Å². The molecular weight excluding hydrogens is 270 g/mol. The maximum Gasteiger partial charge on any atom is 0.276 e. The molecule has 96 valence electrons. The van der Waals surface area contributed by atoms with Gasteiger partial charge >= 0.3 is 0 Å². The normalized spacial score (nSPS) is 10.9. The molecule has 0 fully saturated rings. The molecule has 1 aromatic heterocycles. The van der Waals surface area contributed by atoms with Gasteiger partial charge in [0, 0.05) is 16.0 Å². The SMILES string of the molecule is CC(C)Sc1nnc(CNc2ccc(Cl)cc2)o1. The fourth-order valence-electron chi connectivity index (χ4n) is 1.30. The van der Waals surface area contributed by atoms with Crippen LogP contribution < -0.4 is 5.32 Å². The fraction of sp³-hybridized carbons (Fsp3) is 0.333. The Bertz CT molecular complexity index is 498. The third-order valence-electron chi connectivity index (χ3n) is 2.07. The van der Waals surface area contributed by atoms with Crippen LogP contribution in [0, 0.1) is 0 Å². The average molecular weight is 284 g/mol. The molecule has 6 heteroatoms. The summed E-state index contributed by atoms with van der Waals surface area (Å²) >= 11 is 7.37. The van der Waals surface area contributed by atoms with Crippen LogP contribution in [0.25, 0.3) is 0 Å². The molecule has 0 unspecified atom stereocenters. The summed E-state index contributed by atoms with van der Waals surface area (Å²) in [4.78, 5) is 0. The van der Waals surface area contributed by atoms with Gasteiger partial charge in [-0.25, -0.2) is 0 Å². The first-order valence-electron chi connectivity index (χ1n) is 5.62. The van der Waals surface area contributed by atoms with Gasteiger partial charge in [0.1, 0.15) is 0 Å². The Balaban J connectivity index is 1.90. The lowest BCUT2D eigenvalue weighted by Gasteiger charge is -2.02. The van der Waals surface area contributed by atoms with Gasteiger partial charge in [-0.2, -0.15) is 0 Å². The molecule has 1 aromatic carbocycles. The van der Waals surface area contributed by atoms with Crippen molar-refractivity contribution >= 4 is 29.1 Å². The van der Waals surface area contributed by atoms with E-state index in [1.165, 1.54) is 0 Å². The first-order valence-corrected chi connectivity index (χ1v) is 6.88. The van der Waals surface area contributed by atoms with Crippen molar-refractivity contribution in [3.8, 4) is 0 Å². The maximum atomic E-state index is 5.81. The largest absolute Gasteiger partial charge is 0.414 e. The van der Waals surface area contributed by atoms with Crippen LogP contribution in [0.4, 0.5) is 5.69 Å². The van der Waals surface area contributed by atoms with E-state index < -0.39 is 0 Å². The molecule has 1 N–H and O–H groups in total. The first-order chi connectivity index (χ1) is 8.63. The van der Waals surface area contributed by atoms with E-state index in [1.807, 2.05) is 24.3 Å². The molecule has 0 atom stereocenters. The Labute approximate surface area is 115 Å². The van der Waals surface area contributed by atoms with Gasteiger partial charge in [0.05, 0.1) is 6.54 Å². The Morgan fingerprint density at radius 1 is 1.28 bits per heavy atom. The molecular formula is C12H14ClN3OS. The molecule has 0 bridgehead atoms. The fourth-order valence-corrected chi connectivity index (χ4v) is 2.07. The van der Waals surface area contributed by atoms with Crippen molar-refractivity contribution in [3.05, 3.63) is 35.2 Å². The molecule has 0 amide bonds. The van der Waals surface area contributed by atoms with Crippen LogP contribution in [-0.2, 0) is 6.54 Å². The Hall–Kier alpha value is -1.20. The van der Waals surface area contributed by atoms with Gasteiger partial charge in [-0.05, 0) is 24.3 Å². The molecule has 0 spiro atoms. The van der Waals surface area contributed by atoms with E-state index in [0.717, 1.165) is 5.69 Å². The topological polar surface area (TPSA) is 51.0 Å². The zero-order valence-corrected chi connectivity index (χ0v) is 11.8. The van der Waals surface area contributed by atoms with Gasteiger partial charge in [0.15, 0.2) is 0 Å². The zero-order chi connectivity index (χ0) is 13.0. The van der Waals surface area contributed by atoms with Gasteiger partial charge in [-0.1, -0.05) is 37.2 Å². The average Bonchev–Trinajstić information content (AvgIpc) is 2.75. The van der Waals surface area contributed by atoms with Crippen LogP contribution in [0.2, 0.25) is 5.02 Å². The van der Waals surface area contributed by atoms with Gasteiger partial charge in [-0.3, -0.25) is 0 Å². The lowest BCUT2D eigenvalue weighted by molar-refractivity contribution is 0.418. The molecule has 0 aliphatic rings. The van der Waals surface area contributed by atoms with Crippen LogP contribution in [0.3, 0.4) is 0 Å². The van der Waals surface area contributed by atoms with Crippen molar-refractivity contribution in [3.63, 3.8) is 0 Å². The third-order valence-corrected chi connectivity index (χ3v) is 3.16. The monoisotopic (exact) mass is 283 g/mol. The van der Waals surface area contributed by atoms with Crippen molar-refractivity contribution in [2.75, 3.05) is 5.32 Å². The minimum absolute atomic E-state index is 0.433. The summed E-state index contributed by atoms with van der Waals surface area (Å²) in [5.74, 6) is 0.577. The highest BCUT2D eigenvalue weighted by molar-refractivity contribution is 7.99. The number of aromatic nitrogens is 2. The number of anilines is 1. The van der Waals surface area contributed by atoms with Crippen LogP contribution >= 0.6 is 23.4 Å². The van der Waals surface area contributed by atoms with Gasteiger partial charge in [0.2, 0.25) is 5.89 Å². The van der Waals surface area contributed by atoms with E-state index in [1.54, 1.807) is 11.8 Å². The van der Waals surface area contributed by atoms with Crippen LogP contribution in [0.1, 0.15) is 19.7 Å². The number of thioether (sulfide) groups is 1. The Morgan fingerprint density at radius 2 is 2.00 bits per heavy atom. The highest BCUT2D eigenvalue weighted by atomic mass is 35.5. The summed E-state index contributed by atoms with van der Waals surface area (Å²) in [5.41, 5.74) is 0.968. The summed E-state index contributed by atoms with van der Waals surface area (Å²) in [5, 5.41) is 12.9. The van der Waals surface area contributed by atoms with Gasteiger partial charge in [0.25, 0.3) is 5.22 Å². The second kappa shape index (κ2) is 6.11. The first kappa shape index (κ1) is 13.2. The molecule has 1 heterocycles. The maximum absolute atomic E-state index is 5.81. The predicted molar refractivity (Wildman–Crippen MR) is 74.1 cm³/mol. The Morgan fingerprint density at radius 3 is 2.67 bits per heavy atom. The van der Waals surface area contributed by atoms with E-state index in [2.05, 4.69) is 29.4 Å². The van der Waals surface area contributed by atoms with Crippen LogP contribution in [0.15, 0.2) is 33.9 Å². The highest BCUT2D eigenvalue weighted by Gasteiger charge is 2.08. The standard InChI is InChI=1S/C12H14ClN3OS/c1-8(2)18-12-16-15-11(17-12)7-14-10-5-3-9(13)4-6-10/h3-6,8,14H,7H2,1-2H3. The molecule has 0 saturated carbocycles. The van der Waals surface area contributed by atoms with E-state index in [0.29, 0.717) is 27.9 Å². The second-order valence-corrected chi connectivity index (χ2v) is 5.95. The quantitative estimate of drug-likeness (QED) is 0.845. The number of hydrogen-bond acceptors (Lipinski definition) is 5. The van der Waals surface area contributed by atoms with Crippen molar-refractivity contribution < 1.29 is 4.42 Å². The lowest BCUT2D eigenvalue weighted by Crippen LogP contribution is -1.99. The number of hydrogen-bond donors (Lipinski definition) is 1. The van der Waals surface area contributed by atoms with Gasteiger partial charge in [-0.15, -0.1) is 10.2 Å². The molecule has 0 saturated heterocycles. The number of benzene rings is 1. The van der Waals surface area contributed by atoms with Crippen molar-refractivity contribution in [1.29, 1.82) is 0 Å². The molecule has 2 rings (SSSR count). The number of nitrogens with one attached hydrogen (secondary N) is 1. The number of halogens is 1. The minimum atomic E-state index is 0.433. The molecule has 4 nitrogen and oxygen atoms in total. The predicted octanol–water partition coefficient (Wildman–Crippen LogP) is 3.84. The van der Waals surface area contributed by atoms with Crippen LogP contribution in [0.5, 0.6) is 0 Å². The molecule has 0 aliphatic heterocycles. The molecule has 18 heavy (non-hydrogen) atoms. The molecule has 0 radical (unpaired) electrons. The van der Waals surface area contributed by atoms with Crippen molar-refractivity contribution in [2.24, 2.45) is 0 Å². The summed E-state index contributed by atoms with van der Waals surface area (Å²) in [6.07, 6.45) is 0. The zero-order valence-electron chi connectivity index (χ0n) is 10.2. The molecule has 0 aliphatic carbocycles.